The van der Waals surface area contributed by atoms with Gasteiger partial charge in [-0.25, -0.2) is 0 Å². The number of amides is 1. The van der Waals surface area contributed by atoms with E-state index in [1.807, 2.05) is 18.2 Å². The number of aromatic nitrogens is 3. The molecule has 0 aliphatic rings. The number of hydrogen-bond acceptors (Lipinski definition) is 5. The highest BCUT2D eigenvalue weighted by atomic mass is 35.5. The van der Waals surface area contributed by atoms with E-state index >= 15 is 0 Å². The number of carbonyl (C=O) groups excluding carboxylic acids is 1. The smallest absolute Gasteiger partial charge is 0.234 e. The molecule has 0 spiro atoms. The highest BCUT2D eigenvalue weighted by Gasteiger charge is 2.10. The zero-order valence-corrected chi connectivity index (χ0v) is 14.9. The minimum absolute atomic E-state index is 0.129. The summed E-state index contributed by atoms with van der Waals surface area (Å²) in [6.45, 7) is 0. The van der Waals surface area contributed by atoms with Crippen LogP contribution in [-0.2, 0) is 4.79 Å². The SMILES string of the molecule is COc1ccc(NC(=O)CSc2nncn2-c2cccc(Cl)c2)cc1. The van der Waals surface area contributed by atoms with Gasteiger partial charge in [0.15, 0.2) is 5.16 Å². The van der Waals surface area contributed by atoms with E-state index in [2.05, 4.69) is 15.5 Å². The van der Waals surface area contributed by atoms with Crippen LogP contribution in [0.2, 0.25) is 5.02 Å². The summed E-state index contributed by atoms with van der Waals surface area (Å²) in [4.78, 5) is 12.1. The van der Waals surface area contributed by atoms with E-state index in [0.29, 0.717) is 15.9 Å². The third kappa shape index (κ3) is 4.52. The average molecular weight is 375 g/mol. The number of rotatable bonds is 6. The lowest BCUT2D eigenvalue weighted by Gasteiger charge is -2.08. The van der Waals surface area contributed by atoms with Crippen molar-refractivity contribution in [1.82, 2.24) is 14.8 Å². The van der Waals surface area contributed by atoms with Gasteiger partial charge in [-0.1, -0.05) is 29.4 Å². The lowest BCUT2D eigenvalue weighted by molar-refractivity contribution is -0.113. The second-order valence-corrected chi connectivity index (χ2v) is 6.41. The predicted octanol–water partition coefficient (Wildman–Crippen LogP) is 3.66. The first kappa shape index (κ1) is 17.3. The molecule has 3 aromatic rings. The van der Waals surface area contributed by atoms with Crippen molar-refractivity contribution in [3.8, 4) is 11.4 Å². The molecule has 0 aliphatic heterocycles. The van der Waals surface area contributed by atoms with Crippen LogP contribution in [0, 0.1) is 0 Å². The topological polar surface area (TPSA) is 69.0 Å². The first-order valence-electron chi connectivity index (χ1n) is 7.38. The van der Waals surface area contributed by atoms with Crippen molar-refractivity contribution in [3.05, 3.63) is 59.9 Å². The zero-order valence-electron chi connectivity index (χ0n) is 13.3. The molecule has 0 aliphatic carbocycles. The first-order chi connectivity index (χ1) is 12.2. The maximum Gasteiger partial charge on any atom is 0.234 e. The van der Waals surface area contributed by atoms with Gasteiger partial charge < -0.3 is 10.1 Å². The fourth-order valence-corrected chi connectivity index (χ4v) is 3.04. The predicted molar refractivity (Wildman–Crippen MR) is 98.7 cm³/mol. The van der Waals surface area contributed by atoms with E-state index in [0.717, 1.165) is 11.4 Å². The number of anilines is 1. The molecule has 2 aromatic carbocycles. The summed E-state index contributed by atoms with van der Waals surface area (Å²) in [5, 5.41) is 12.0. The lowest BCUT2D eigenvalue weighted by atomic mass is 10.3. The van der Waals surface area contributed by atoms with E-state index in [9.17, 15) is 4.79 Å². The number of halogens is 1. The Morgan fingerprint density at radius 3 is 2.80 bits per heavy atom. The third-order valence-electron chi connectivity index (χ3n) is 3.31. The molecule has 3 rings (SSSR count). The summed E-state index contributed by atoms with van der Waals surface area (Å²) in [6, 6.07) is 14.5. The summed E-state index contributed by atoms with van der Waals surface area (Å²) >= 11 is 7.32. The molecule has 1 N–H and O–H groups in total. The summed E-state index contributed by atoms with van der Waals surface area (Å²) < 4.78 is 6.88. The summed E-state index contributed by atoms with van der Waals surface area (Å²) in [7, 11) is 1.60. The molecule has 1 heterocycles. The third-order valence-corrected chi connectivity index (χ3v) is 4.49. The minimum Gasteiger partial charge on any atom is -0.497 e. The zero-order chi connectivity index (χ0) is 17.6. The van der Waals surface area contributed by atoms with Crippen LogP contribution < -0.4 is 10.1 Å². The van der Waals surface area contributed by atoms with Crippen molar-refractivity contribution in [2.24, 2.45) is 0 Å². The van der Waals surface area contributed by atoms with Gasteiger partial charge in [-0.05, 0) is 42.5 Å². The lowest BCUT2D eigenvalue weighted by Crippen LogP contribution is -2.14. The van der Waals surface area contributed by atoms with Gasteiger partial charge in [0.1, 0.15) is 12.1 Å². The van der Waals surface area contributed by atoms with E-state index in [4.69, 9.17) is 16.3 Å². The molecule has 0 atom stereocenters. The number of benzene rings is 2. The number of carbonyl (C=O) groups is 1. The van der Waals surface area contributed by atoms with Crippen LogP contribution in [0.3, 0.4) is 0 Å². The Kier molecular flexibility index (Phi) is 5.57. The molecule has 0 saturated carbocycles. The Hall–Kier alpha value is -2.51. The van der Waals surface area contributed by atoms with Crippen LogP contribution in [0.15, 0.2) is 60.0 Å². The first-order valence-corrected chi connectivity index (χ1v) is 8.75. The molecular formula is C17H15ClN4O2S. The standard InChI is InChI=1S/C17H15ClN4O2S/c1-24-15-7-5-13(6-8-15)20-16(23)10-25-17-21-19-11-22(17)14-4-2-3-12(18)9-14/h2-9,11H,10H2,1H3,(H,20,23). The molecule has 0 saturated heterocycles. The monoisotopic (exact) mass is 374 g/mol. The fraction of sp³-hybridized carbons (Fsp3) is 0.118. The van der Waals surface area contributed by atoms with Crippen molar-refractivity contribution in [3.63, 3.8) is 0 Å². The van der Waals surface area contributed by atoms with Gasteiger partial charge in [-0.15, -0.1) is 10.2 Å². The molecule has 128 valence electrons. The van der Waals surface area contributed by atoms with Crippen LogP contribution in [0.25, 0.3) is 5.69 Å². The Bertz CT molecular complexity index is 867. The van der Waals surface area contributed by atoms with Crippen LogP contribution in [0.4, 0.5) is 5.69 Å². The number of methoxy groups -OCH3 is 1. The van der Waals surface area contributed by atoms with Crippen molar-refractivity contribution in [2.45, 2.75) is 5.16 Å². The second kappa shape index (κ2) is 8.04. The molecular weight excluding hydrogens is 360 g/mol. The molecule has 1 amide bonds. The molecule has 6 nitrogen and oxygen atoms in total. The van der Waals surface area contributed by atoms with Crippen molar-refractivity contribution in [2.75, 3.05) is 18.2 Å². The summed E-state index contributed by atoms with van der Waals surface area (Å²) in [5.74, 6) is 0.823. The largest absolute Gasteiger partial charge is 0.497 e. The van der Waals surface area contributed by atoms with Gasteiger partial charge in [-0.2, -0.15) is 0 Å². The summed E-state index contributed by atoms with van der Waals surface area (Å²) in [5.41, 5.74) is 1.55. The van der Waals surface area contributed by atoms with Gasteiger partial charge in [0.05, 0.1) is 18.6 Å². The Labute approximate surface area is 154 Å². The number of thioether (sulfide) groups is 1. The van der Waals surface area contributed by atoms with Crippen LogP contribution >= 0.6 is 23.4 Å². The van der Waals surface area contributed by atoms with E-state index in [1.54, 1.807) is 48.3 Å². The molecule has 0 radical (unpaired) electrons. The Balaban J connectivity index is 1.62. The van der Waals surface area contributed by atoms with E-state index < -0.39 is 0 Å². The van der Waals surface area contributed by atoms with Gasteiger partial charge in [0.25, 0.3) is 0 Å². The summed E-state index contributed by atoms with van der Waals surface area (Å²) in [6.07, 6.45) is 1.59. The molecule has 1 aromatic heterocycles. The minimum atomic E-state index is -0.129. The van der Waals surface area contributed by atoms with Crippen molar-refractivity contribution in [1.29, 1.82) is 0 Å². The van der Waals surface area contributed by atoms with Crippen LogP contribution in [-0.4, -0.2) is 33.5 Å². The highest BCUT2D eigenvalue weighted by molar-refractivity contribution is 7.99. The Morgan fingerprint density at radius 1 is 1.28 bits per heavy atom. The quantitative estimate of drug-likeness (QED) is 0.667. The molecule has 0 bridgehead atoms. The van der Waals surface area contributed by atoms with Crippen LogP contribution in [0.5, 0.6) is 5.75 Å². The van der Waals surface area contributed by atoms with E-state index in [1.165, 1.54) is 11.8 Å². The maximum atomic E-state index is 12.1. The molecule has 0 unspecified atom stereocenters. The molecule has 8 heteroatoms. The number of nitrogens with one attached hydrogen (secondary N) is 1. The number of hydrogen-bond donors (Lipinski definition) is 1. The van der Waals surface area contributed by atoms with Crippen molar-refractivity contribution >= 4 is 35.0 Å². The number of nitrogens with zero attached hydrogens (tertiary/aromatic N) is 3. The highest BCUT2D eigenvalue weighted by Crippen LogP contribution is 2.22. The van der Waals surface area contributed by atoms with Crippen molar-refractivity contribution < 1.29 is 9.53 Å². The molecule has 0 fully saturated rings. The van der Waals surface area contributed by atoms with Gasteiger partial charge in [0, 0.05) is 10.7 Å². The maximum absolute atomic E-state index is 12.1. The normalized spacial score (nSPS) is 10.5. The average Bonchev–Trinajstić information content (AvgIpc) is 3.09. The number of ether oxygens (including phenoxy) is 1. The second-order valence-electron chi connectivity index (χ2n) is 5.03. The van der Waals surface area contributed by atoms with Gasteiger partial charge in [-0.3, -0.25) is 9.36 Å². The van der Waals surface area contributed by atoms with Crippen LogP contribution in [0.1, 0.15) is 0 Å². The van der Waals surface area contributed by atoms with E-state index in [-0.39, 0.29) is 11.7 Å². The van der Waals surface area contributed by atoms with Gasteiger partial charge in [0.2, 0.25) is 5.91 Å². The van der Waals surface area contributed by atoms with Gasteiger partial charge >= 0.3 is 0 Å². The molecule has 25 heavy (non-hydrogen) atoms. The Morgan fingerprint density at radius 2 is 2.08 bits per heavy atom. The fourth-order valence-electron chi connectivity index (χ4n) is 2.13.